The molecule has 2 aliphatic carbocycles. The molecule has 1 fully saturated rings. The minimum atomic E-state index is -0.670. The van der Waals surface area contributed by atoms with E-state index >= 15 is 0 Å². The molecule has 0 saturated heterocycles. The van der Waals surface area contributed by atoms with E-state index in [1.807, 2.05) is 32.0 Å². The monoisotopic (exact) mass is 330 g/mol. The highest BCUT2D eigenvalue weighted by molar-refractivity contribution is 6.13. The number of Topliss-reactive ketones (excluding diaryl/α,β-unsaturated/α-hetero) is 1. The molecule has 0 N–H and O–H groups in total. The van der Waals surface area contributed by atoms with Crippen LogP contribution in [0.25, 0.3) is 0 Å². The fraction of sp³-hybridized carbons (Fsp3) is 0.474. The summed E-state index contributed by atoms with van der Waals surface area (Å²) in [4.78, 5) is 25.3. The van der Waals surface area contributed by atoms with Crippen LogP contribution in [0, 0.1) is 17.3 Å². The van der Waals surface area contributed by atoms with Gasteiger partial charge < -0.3 is 14.2 Å². The molecule has 0 aromatic heterocycles. The summed E-state index contributed by atoms with van der Waals surface area (Å²) in [5.74, 6) is 0.868. The van der Waals surface area contributed by atoms with Gasteiger partial charge in [0.15, 0.2) is 23.0 Å². The van der Waals surface area contributed by atoms with Crippen LogP contribution in [0.15, 0.2) is 30.0 Å². The summed E-state index contributed by atoms with van der Waals surface area (Å²) < 4.78 is 15.8. The Bertz CT molecular complexity index is 735. The zero-order valence-electron chi connectivity index (χ0n) is 14.6. The lowest BCUT2D eigenvalue weighted by molar-refractivity contribution is -0.159. The summed E-state index contributed by atoms with van der Waals surface area (Å²) in [5.41, 5.74) is 0.304. The molecule has 0 radical (unpaired) electrons. The lowest BCUT2D eigenvalue weighted by atomic mass is 9.42. The largest absolute Gasteiger partial charge is 0.493 e. The Balaban J connectivity index is 2.04. The van der Waals surface area contributed by atoms with Crippen LogP contribution in [0.3, 0.4) is 0 Å². The number of fused-ring (bicyclic) bond motifs is 1. The summed E-state index contributed by atoms with van der Waals surface area (Å²) in [5, 5.41) is 0. The van der Waals surface area contributed by atoms with Crippen molar-refractivity contribution in [2.75, 3.05) is 21.3 Å². The third-order valence-corrected chi connectivity index (χ3v) is 5.82. The smallest absolute Gasteiger partial charge is 0.202 e. The number of allylic oxidation sites excluding steroid dienone is 2. The van der Waals surface area contributed by atoms with Gasteiger partial charge in [0.2, 0.25) is 5.78 Å². The second-order valence-electron chi connectivity index (χ2n) is 6.63. The Morgan fingerprint density at radius 2 is 1.67 bits per heavy atom. The highest BCUT2D eigenvalue weighted by Crippen LogP contribution is 2.63. The van der Waals surface area contributed by atoms with Crippen LogP contribution >= 0.6 is 0 Å². The molecule has 128 valence electrons. The fourth-order valence-corrected chi connectivity index (χ4v) is 4.21. The Hall–Kier alpha value is -2.30. The molecule has 5 heteroatoms. The molecule has 5 nitrogen and oxygen atoms in total. The predicted molar refractivity (Wildman–Crippen MR) is 88.2 cm³/mol. The summed E-state index contributed by atoms with van der Waals surface area (Å²) in [7, 11) is 4.59. The molecule has 4 atom stereocenters. The van der Waals surface area contributed by atoms with Crippen molar-refractivity contribution in [1.82, 2.24) is 0 Å². The van der Waals surface area contributed by atoms with Crippen LogP contribution in [-0.4, -0.2) is 32.9 Å². The van der Waals surface area contributed by atoms with Crippen molar-refractivity contribution in [2.45, 2.75) is 19.8 Å². The molecule has 1 aromatic rings. The molecular weight excluding hydrogens is 308 g/mol. The highest BCUT2D eigenvalue weighted by Gasteiger charge is 2.65. The SMILES string of the molecule is COC1=CC(=O)[C@]2(C)[C@H](C)[C@@H](c3ccc(OC)c(OC)c3)[C@@H]2C1=O. The summed E-state index contributed by atoms with van der Waals surface area (Å²) in [6, 6.07) is 5.66. The number of ether oxygens (including phenoxy) is 3. The fourth-order valence-electron chi connectivity index (χ4n) is 4.21. The topological polar surface area (TPSA) is 61.8 Å². The van der Waals surface area contributed by atoms with Gasteiger partial charge in [0.1, 0.15) is 0 Å². The Morgan fingerprint density at radius 1 is 1.00 bits per heavy atom. The third-order valence-electron chi connectivity index (χ3n) is 5.82. The second-order valence-corrected chi connectivity index (χ2v) is 6.63. The maximum Gasteiger partial charge on any atom is 0.202 e. The van der Waals surface area contributed by atoms with Crippen molar-refractivity contribution in [3.8, 4) is 11.5 Å². The lowest BCUT2D eigenvalue weighted by Crippen LogP contribution is -2.61. The molecule has 0 heterocycles. The normalized spacial score (nSPS) is 31.7. The van der Waals surface area contributed by atoms with Gasteiger partial charge >= 0.3 is 0 Å². The third kappa shape index (κ3) is 2.00. The molecule has 1 saturated carbocycles. The minimum absolute atomic E-state index is 0.0341. The summed E-state index contributed by atoms with van der Waals surface area (Å²) in [6.07, 6.45) is 1.35. The first kappa shape index (κ1) is 16.6. The van der Waals surface area contributed by atoms with Crippen molar-refractivity contribution >= 4 is 11.6 Å². The number of hydrogen-bond acceptors (Lipinski definition) is 5. The van der Waals surface area contributed by atoms with Crippen molar-refractivity contribution < 1.29 is 23.8 Å². The lowest BCUT2D eigenvalue weighted by Gasteiger charge is -2.58. The van der Waals surface area contributed by atoms with Crippen LogP contribution in [0.1, 0.15) is 25.3 Å². The molecule has 0 spiro atoms. The Labute approximate surface area is 141 Å². The van der Waals surface area contributed by atoms with Crippen LogP contribution in [0.5, 0.6) is 11.5 Å². The number of hydrogen-bond donors (Lipinski definition) is 0. The van der Waals surface area contributed by atoms with Gasteiger partial charge in [0, 0.05) is 17.4 Å². The zero-order valence-corrected chi connectivity index (χ0v) is 14.6. The van der Waals surface area contributed by atoms with Gasteiger partial charge in [-0.3, -0.25) is 9.59 Å². The van der Waals surface area contributed by atoms with E-state index in [1.54, 1.807) is 14.2 Å². The molecular formula is C19H22O5. The average molecular weight is 330 g/mol. The maximum absolute atomic E-state index is 12.8. The molecule has 0 aliphatic heterocycles. The van der Waals surface area contributed by atoms with E-state index in [2.05, 4.69) is 0 Å². The van der Waals surface area contributed by atoms with Crippen molar-refractivity contribution in [1.29, 1.82) is 0 Å². The first-order valence-corrected chi connectivity index (χ1v) is 7.96. The first-order chi connectivity index (χ1) is 11.4. The van der Waals surface area contributed by atoms with E-state index in [4.69, 9.17) is 14.2 Å². The Morgan fingerprint density at radius 3 is 2.25 bits per heavy atom. The van der Waals surface area contributed by atoms with Gasteiger partial charge in [0.25, 0.3) is 0 Å². The van der Waals surface area contributed by atoms with E-state index in [1.165, 1.54) is 13.2 Å². The molecule has 24 heavy (non-hydrogen) atoms. The quantitative estimate of drug-likeness (QED) is 0.849. The summed E-state index contributed by atoms with van der Waals surface area (Å²) in [6.45, 7) is 3.90. The van der Waals surface area contributed by atoms with Crippen LogP contribution in [-0.2, 0) is 14.3 Å². The molecule has 0 bridgehead atoms. The van der Waals surface area contributed by atoms with Gasteiger partial charge in [-0.25, -0.2) is 0 Å². The number of carbonyl (C=O) groups excluding carboxylic acids is 2. The first-order valence-electron chi connectivity index (χ1n) is 7.96. The molecule has 1 aromatic carbocycles. The van der Waals surface area contributed by atoms with Gasteiger partial charge in [-0.1, -0.05) is 19.9 Å². The van der Waals surface area contributed by atoms with Gasteiger partial charge in [-0.2, -0.15) is 0 Å². The van der Waals surface area contributed by atoms with Gasteiger partial charge in [0.05, 0.1) is 21.3 Å². The van der Waals surface area contributed by atoms with Gasteiger partial charge in [-0.15, -0.1) is 0 Å². The number of carbonyl (C=O) groups is 2. The second kappa shape index (κ2) is 5.65. The number of benzene rings is 1. The molecule has 2 aliphatic rings. The van der Waals surface area contributed by atoms with E-state index in [0.29, 0.717) is 11.5 Å². The average Bonchev–Trinajstić information content (AvgIpc) is 2.60. The van der Waals surface area contributed by atoms with E-state index in [-0.39, 0.29) is 29.2 Å². The van der Waals surface area contributed by atoms with Crippen LogP contribution in [0.2, 0.25) is 0 Å². The molecule has 0 amide bonds. The minimum Gasteiger partial charge on any atom is -0.493 e. The number of methoxy groups -OCH3 is 3. The van der Waals surface area contributed by atoms with Crippen LogP contribution in [0.4, 0.5) is 0 Å². The molecule has 0 unspecified atom stereocenters. The predicted octanol–water partition coefficient (Wildman–Crippen LogP) is 2.74. The van der Waals surface area contributed by atoms with Crippen molar-refractivity contribution in [3.05, 3.63) is 35.6 Å². The molecule has 3 rings (SSSR count). The van der Waals surface area contributed by atoms with E-state index in [0.717, 1.165) is 5.56 Å². The van der Waals surface area contributed by atoms with E-state index < -0.39 is 11.3 Å². The van der Waals surface area contributed by atoms with Crippen molar-refractivity contribution in [2.24, 2.45) is 17.3 Å². The van der Waals surface area contributed by atoms with Gasteiger partial charge in [-0.05, 0) is 29.5 Å². The van der Waals surface area contributed by atoms with Crippen molar-refractivity contribution in [3.63, 3.8) is 0 Å². The van der Waals surface area contributed by atoms with E-state index in [9.17, 15) is 9.59 Å². The maximum atomic E-state index is 12.8. The standard InChI is InChI=1S/C19H22O5/c1-10-16(11-6-7-12(22-3)13(8-11)23-4)17-18(21)14(24-5)9-15(20)19(10,17)2/h6-10,16-17H,1-5H3/t10-,16+,17-,19+/m1/s1. The van der Waals surface area contributed by atoms with Crippen LogP contribution < -0.4 is 9.47 Å². The zero-order chi connectivity index (χ0) is 17.6. The number of rotatable bonds is 4. The summed E-state index contributed by atoms with van der Waals surface area (Å²) >= 11 is 0. The Kier molecular flexibility index (Phi) is 3.90. The highest BCUT2D eigenvalue weighted by atomic mass is 16.5. The number of ketones is 2.